The second kappa shape index (κ2) is 4.17. The Kier molecular flexibility index (Phi) is 2.63. The minimum atomic E-state index is -0.181. The van der Waals surface area contributed by atoms with E-state index in [9.17, 15) is 9.90 Å². The lowest BCUT2D eigenvalue weighted by atomic mass is 10.1. The number of aromatic hydroxyl groups is 1. The lowest BCUT2D eigenvalue weighted by molar-refractivity contribution is 0.438. The molecule has 2 aromatic rings. The van der Waals surface area contributed by atoms with Crippen molar-refractivity contribution in [2.24, 2.45) is 0 Å². The van der Waals surface area contributed by atoms with Crippen LogP contribution >= 0.6 is 11.8 Å². The van der Waals surface area contributed by atoms with Crippen molar-refractivity contribution in [2.75, 3.05) is 0 Å². The van der Waals surface area contributed by atoms with Crippen LogP contribution in [0.4, 0.5) is 0 Å². The molecule has 1 aromatic heterocycles. The van der Waals surface area contributed by atoms with Crippen LogP contribution in [-0.4, -0.2) is 19.9 Å². The van der Waals surface area contributed by atoms with Crippen molar-refractivity contribution >= 4 is 11.8 Å². The Morgan fingerprint density at radius 1 is 1.39 bits per heavy atom. The van der Waals surface area contributed by atoms with Gasteiger partial charge in [-0.3, -0.25) is 9.36 Å². The second-order valence-electron chi connectivity index (χ2n) is 4.30. The fraction of sp³-hybridized carbons (Fsp3) is 0.231. The molecule has 0 saturated heterocycles. The molecule has 18 heavy (non-hydrogen) atoms. The number of rotatable bonds is 1. The first-order chi connectivity index (χ1) is 8.66. The highest BCUT2D eigenvalue weighted by atomic mass is 32.2. The van der Waals surface area contributed by atoms with E-state index in [1.807, 2.05) is 25.1 Å². The fourth-order valence-corrected chi connectivity index (χ4v) is 3.11. The molecule has 0 bridgehead atoms. The molecule has 3 rings (SSSR count). The Bertz CT molecular complexity index is 652. The Morgan fingerprint density at radius 3 is 2.83 bits per heavy atom. The number of thioether (sulfide) groups is 1. The van der Waals surface area contributed by atoms with Crippen LogP contribution < -0.4 is 5.56 Å². The summed E-state index contributed by atoms with van der Waals surface area (Å²) < 4.78 is 1.64. The van der Waals surface area contributed by atoms with Gasteiger partial charge in [0.05, 0.1) is 0 Å². The highest BCUT2D eigenvalue weighted by Crippen LogP contribution is 2.32. The minimum absolute atomic E-state index is 0.166. The van der Waals surface area contributed by atoms with Gasteiger partial charge >= 0.3 is 0 Å². The standard InChI is InChI=1S/C13H12N2O2S/c1-8-7-15-12(17)10(9-5-3-2-4-6-9)11(16)14-13(15)18-8/h2-6,8,16H,7H2,1H3. The third-order valence-corrected chi connectivity index (χ3v) is 4.00. The summed E-state index contributed by atoms with van der Waals surface area (Å²) in [6.07, 6.45) is 0. The molecular formula is C13H12N2O2S. The fourth-order valence-electron chi connectivity index (χ4n) is 2.11. The SMILES string of the molecule is CC1Cn2c(nc(O)c(-c3ccccc3)c2=O)S1. The molecule has 5 heteroatoms. The van der Waals surface area contributed by atoms with Gasteiger partial charge in [0.15, 0.2) is 5.16 Å². The topological polar surface area (TPSA) is 55.1 Å². The van der Waals surface area contributed by atoms with Crippen molar-refractivity contribution in [3.05, 3.63) is 40.7 Å². The van der Waals surface area contributed by atoms with E-state index < -0.39 is 0 Å². The van der Waals surface area contributed by atoms with Crippen LogP contribution in [0.3, 0.4) is 0 Å². The van der Waals surface area contributed by atoms with E-state index in [-0.39, 0.29) is 17.0 Å². The molecule has 0 aliphatic carbocycles. The Balaban J connectivity index is 2.24. The average Bonchev–Trinajstić information content (AvgIpc) is 2.71. The predicted molar refractivity (Wildman–Crippen MR) is 70.9 cm³/mol. The van der Waals surface area contributed by atoms with Crippen LogP contribution in [-0.2, 0) is 6.54 Å². The Labute approximate surface area is 108 Å². The normalized spacial score (nSPS) is 17.7. The summed E-state index contributed by atoms with van der Waals surface area (Å²) in [5.74, 6) is -0.181. The van der Waals surface area contributed by atoms with Gasteiger partial charge in [0.25, 0.3) is 5.56 Å². The number of aromatic nitrogens is 2. The maximum Gasteiger partial charge on any atom is 0.265 e. The van der Waals surface area contributed by atoms with Crippen molar-refractivity contribution < 1.29 is 5.11 Å². The second-order valence-corrected chi connectivity index (χ2v) is 5.71. The number of benzene rings is 1. The maximum atomic E-state index is 12.4. The van der Waals surface area contributed by atoms with Gasteiger partial charge < -0.3 is 5.11 Å². The van der Waals surface area contributed by atoms with Crippen molar-refractivity contribution in [3.63, 3.8) is 0 Å². The molecule has 0 radical (unpaired) electrons. The summed E-state index contributed by atoms with van der Waals surface area (Å²) in [6.45, 7) is 2.68. The van der Waals surface area contributed by atoms with Crippen molar-refractivity contribution in [2.45, 2.75) is 23.9 Å². The van der Waals surface area contributed by atoms with Crippen molar-refractivity contribution in [3.8, 4) is 17.0 Å². The number of hydrogen-bond acceptors (Lipinski definition) is 4. The van der Waals surface area contributed by atoms with E-state index in [2.05, 4.69) is 4.98 Å². The summed E-state index contributed by atoms with van der Waals surface area (Å²) in [6, 6.07) is 9.15. The molecule has 4 nitrogen and oxygen atoms in total. The van der Waals surface area contributed by atoms with Gasteiger partial charge in [0, 0.05) is 11.8 Å². The highest BCUT2D eigenvalue weighted by Gasteiger charge is 2.25. The van der Waals surface area contributed by atoms with E-state index >= 15 is 0 Å². The first kappa shape index (κ1) is 11.3. The van der Waals surface area contributed by atoms with Crippen LogP contribution in [0.15, 0.2) is 40.3 Å². The van der Waals surface area contributed by atoms with Gasteiger partial charge in [-0.05, 0) is 5.56 Å². The minimum Gasteiger partial charge on any atom is -0.493 e. The lowest BCUT2D eigenvalue weighted by Crippen LogP contribution is -2.23. The zero-order chi connectivity index (χ0) is 12.7. The summed E-state index contributed by atoms with van der Waals surface area (Å²) in [7, 11) is 0. The molecule has 2 heterocycles. The summed E-state index contributed by atoms with van der Waals surface area (Å²) in [4.78, 5) is 16.5. The molecule has 1 unspecified atom stereocenters. The molecular weight excluding hydrogens is 248 g/mol. The summed E-state index contributed by atoms with van der Waals surface area (Å²) in [5.41, 5.74) is 0.821. The highest BCUT2D eigenvalue weighted by molar-refractivity contribution is 7.99. The lowest BCUT2D eigenvalue weighted by Gasteiger charge is -2.07. The van der Waals surface area contributed by atoms with Gasteiger partial charge in [-0.15, -0.1) is 0 Å². The molecule has 1 aromatic carbocycles. The first-order valence-corrected chi connectivity index (χ1v) is 6.60. The summed E-state index contributed by atoms with van der Waals surface area (Å²) >= 11 is 1.52. The van der Waals surface area contributed by atoms with Crippen molar-refractivity contribution in [1.29, 1.82) is 0 Å². The Hall–Kier alpha value is -1.75. The van der Waals surface area contributed by atoms with E-state index in [4.69, 9.17) is 0 Å². The van der Waals surface area contributed by atoms with E-state index in [1.54, 1.807) is 16.7 Å². The van der Waals surface area contributed by atoms with Gasteiger partial charge in [0.1, 0.15) is 5.56 Å². The quantitative estimate of drug-likeness (QED) is 0.798. The molecule has 0 fully saturated rings. The first-order valence-electron chi connectivity index (χ1n) is 5.72. The van der Waals surface area contributed by atoms with Crippen LogP contribution in [0.5, 0.6) is 5.88 Å². The monoisotopic (exact) mass is 260 g/mol. The molecule has 92 valence electrons. The van der Waals surface area contributed by atoms with E-state index in [1.165, 1.54) is 11.8 Å². The zero-order valence-corrected chi connectivity index (χ0v) is 10.6. The smallest absolute Gasteiger partial charge is 0.265 e. The van der Waals surface area contributed by atoms with Crippen molar-refractivity contribution in [1.82, 2.24) is 9.55 Å². The van der Waals surface area contributed by atoms with Crippen LogP contribution in [0, 0.1) is 0 Å². The van der Waals surface area contributed by atoms with Crippen LogP contribution in [0.2, 0.25) is 0 Å². The summed E-state index contributed by atoms with van der Waals surface area (Å²) in [5, 5.41) is 10.9. The van der Waals surface area contributed by atoms with Gasteiger partial charge in [0.2, 0.25) is 5.88 Å². The van der Waals surface area contributed by atoms with Gasteiger partial charge in [-0.25, -0.2) is 0 Å². The maximum absolute atomic E-state index is 12.4. The molecule has 1 N–H and O–H groups in total. The van der Waals surface area contributed by atoms with E-state index in [0.717, 1.165) is 0 Å². The third kappa shape index (κ3) is 1.71. The number of hydrogen-bond donors (Lipinski definition) is 1. The van der Waals surface area contributed by atoms with Gasteiger partial charge in [-0.1, -0.05) is 49.0 Å². The molecule has 0 spiro atoms. The third-order valence-electron chi connectivity index (χ3n) is 2.92. The van der Waals surface area contributed by atoms with Crippen LogP contribution in [0.25, 0.3) is 11.1 Å². The van der Waals surface area contributed by atoms with E-state index in [0.29, 0.717) is 22.5 Å². The number of fused-ring (bicyclic) bond motifs is 1. The predicted octanol–water partition coefficient (Wildman–Crippen LogP) is 2.11. The molecule has 0 amide bonds. The van der Waals surface area contributed by atoms with Crippen LogP contribution in [0.1, 0.15) is 6.92 Å². The Morgan fingerprint density at radius 2 is 2.11 bits per heavy atom. The molecule has 0 saturated carbocycles. The molecule has 1 aliphatic heterocycles. The average molecular weight is 260 g/mol. The molecule has 1 atom stereocenters. The number of nitrogens with zero attached hydrogens (tertiary/aromatic N) is 2. The largest absolute Gasteiger partial charge is 0.493 e. The zero-order valence-electron chi connectivity index (χ0n) is 9.83. The van der Waals surface area contributed by atoms with Gasteiger partial charge in [-0.2, -0.15) is 4.98 Å². The molecule has 1 aliphatic rings.